The zero-order chi connectivity index (χ0) is 14.4. The van der Waals surface area contributed by atoms with E-state index in [1.165, 1.54) is 13.8 Å². The SMILES string of the molecule is CCOP(=O)(OCC)OC(=O)C(C)(C)CC(=O)O. The van der Waals surface area contributed by atoms with Gasteiger partial charge in [-0.2, -0.15) is 0 Å². The van der Waals surface area contributed by atoms with Crippen LogP contribution < -0.4 is 0 Å². The normalized spacial score (nSPS) is 12.2. The molecular formula is C10H19O7P. The van der Waals surface area contributed by atoms with Crippen LogP contribution in [0.1, 0.15) is 34.1 Å². The molecule has 0 saturated heterocycles. The van der Waals surface area contributed by atoms with Gasteiger partial charge in [0.05, 0.1) is 25.0 Å². The molecule has 0 unspecified atom stereocenters. The summed E-state index contributed by atoms with van der Waals surface area (Å²) in [5.41, 5.74) is -1.31. The molecule has 0 aliphatic carbocycles. The summed E-state index contributed by atoms with van der Waals surface area (Å²) < 4.78 is 26.2. The minimum atomic E-state index is -3.96. The molecule has 0 aromatic carbocycles. The number of aliphatic carboxylic acids is 1. The van der Waals surface area contributed by atoms with Crippen LogP contribution in [0, 0.1) is 5.41 Å². The Balaban J connectivity index is 4.79. The van der Waals surface area contributed by atoms with Crippen molar-refractivity contribution < 1.29 is 32.8 Å². The summed E-state index contributed by atoms with van der Waals surface area (Å²) in [6, 6.07) is 0. The van der Waals surface area contributed by atoms with Crippen LogP contribution in [0.3, 0.4) is 0 Å². The van der Waals surface area contributed by atoms with Crippen molar-refractivity contribution in [2.45, 2.75) is 34.1 Å². The lowest BCUT2D eigenvalue weighted by atomic mass is 9.90. The first-order valence-corrected chi connectivity index (χ1v) is 6.98. The third-order valence-electron chi connectivity index (χ3n) is 1.91. The van der Waals surface area contributed by atoms with E-state index in [0.29, 0.717) is 0 Å². The second-order valence-corrected chi connectivity index (χ2v) is 5.71. The first kappa shape index (κ1) is 17.1. The molecule has 0 atom stereocenters. The minimum Gasteiger partial charge on any atom is -0.481 e. The Kier molecular flexibility index (Phi) is 6.52. The van der Waals surface area contributed by atoms with Gasteiger partial charge in [-0.05, 0) is 27.7 Å². The monoisotopic (exact) mass is 282 g/mol. The van der Waals surface area contributed by atoms with Crippen LogP contribution in [0.2, 0.25) is 0 Å². The van der Waals surface area contributed by atoms with Crippen molar-refractivity contribution in [2.24, 2.45) is 5.41 Å². The third kappa shape index (κ3) is 5.62. The first-order chi connectivity index (χ1) is 8.17. The van der Waals surface area contributed by atoms with E-state index in [1.807, 2.05) is 0 Å². The van der Waals surface area contributed by atoms with E-state index < -0.39 is 31.6 Å². The van der Waals surface area contributed by atoms with Crippen LogP contribution in [0.4, 0.5) is 0 Å². The summed E-state index contributed by atoms with van der Waals surface area (Å²) in [6.45, 7) is 6.00. The minimum absolute atomic E-state index is 0.0456. The summed E-state index contributed by atoms with van der Waals surface area (Å²) in [7, 11) is -3.96. The van der Waals surface area contributed by atoms with E-state index in [9.17, 15) is 14.2 Å². The van der Waals surface area contributed by atoms with E-state index in [0.717, 1.165) is 0 Å². The lowest BCUT2D eigenvalue weighted by molar-refractivity contribution is -0.152. The molecule has 18 heavy (non-hydrogen) atoms. The fraction of sp³-hybridized carbons (Fsp3) is 0.800. The van der Waals surface area contributed by atoms with E-state index in [4.69, 9.17) is 18.7 Å². The number of rotatable bonds is 8. The first-order valence-electron chi connectivity index (χ1n) is 5.51. The molecule has 0 spiro atoms. The van der Waals surface area contributed by atoms with Gasteiger partial charge in [-0.25, -0.2) is 4.57 Å². The molecule has 0 saturated carbocycles. The predicted octanol–water partition coefficient (Wildman–Crippen LogP) is 2.21. The predicted molar refractivity (Wildman–Crippen MR) is 63.0 cm³/mol. The largest absolute Gasteiger partial charge is 0.532 e. The van der Waals surface area contributed by atoms with Crippen molar-refractivity contribution in [2.75, 3.05) is 13.2 Å². The standard InChI is InChI=1S/C10H19O7P/c1-5-15-18(14,16-6-2)17-9(13)10(3,4)7-8(11)12/h5-7H2,1-4H3,(H,11,12). The number of carbonyl (C=O) groups is 2. The zero-order valence-corrected chi connectivity index (χ0v) is 11.9. The average molecular weight is 282 g/mol. The highest BCUT2D eigenvalue weighted by atomic mass is 31.2. The number of carboxylic acids is 1. The van der Waals surface area contributed by atoms with Gasteiger partial charge in [0.2, 0.25) is 0 Å². The van der Waals surface area contributed by atoms with Crippen LogP contribution in [0.5, 0.6) is 0 Å². The van der Waals surface area contributed by atoms with Gasteiger partial charge in [0.25, 0.3) is 0 Å². The van der Waals surface area contributed by atoms with Crippen LogP contribution in [-0.2, 0) is 27.7 Å². The molecule has 106 valence electrons. The summed E-state index contributed by atoms with van der Waals surface area (Å²) >= 11 is 0. The number of carboxylic acid groups (broad SMARTS) is 1. The fourth-order valence-corrected chi connectivity index (χ4v) is 2.34. The topological polar surface area (TPSA) is 99.1 Å². The van der Waals surface area contributed by atoms with Crippen LogP contribution >= 0.6 is 7.82 Å². The van der Waals surface area contributed by atoms with Gasteiger partial charge in [-0.3, -0.25) is 18.6 Å². The Bertz CT molecular complexity index is 340. The molecule has 0 amide bonds. The van der Waals surface area contributed by atoms with Crippen LogP contribution in [0.15, 0.2) is 0 Å². The van der Waals surface area contributed by atoms with E-state index in [-0.39, 0.29) is 13.2 Å². The lowest BCUT2D eigenvalue weighted by Gasteiger charge is -2.23. The number of phosphoric ester groups is 1. The summed E-state index contributed by atoms with van der Waals surface area (Å²) in [4.78, 5) is 22.3. The number of hydrogen-bond acceptors (Lipinski definition) is 6. The van der Waals surface area contributed by atoms with Crippen molar-refractivity contribution in [1.82, 2.24) is 0 Å². The third-order valence-corrected chi connectivity index (χ3v) is 3.45. The molecule has 0 fully saturated rings. The molecule has 0 aliphatic heterocycles. The average Bonchev–Trinajstić information content (AvgIpc) is 2.15. The molecule has 0 aromatic rings. The van der Waals surface area contributed by atoms with Gasteiger partial charge in [0, 0.05) is 0 Å². The van der Waals surface area contributed by atoms with Crippen molar-refractivity contribution in [3.8, 4) is 0 Å². The van der Waals surface area contributed by atoms with E-state index in [1.54, 1.807) is 13.8 Å². The van der Waals surface area contributed by atoms with Crippen molar-refractivity contribution in [1.29, 1.82) is 0 Å². The van der Waals surface area contributed by atoms with Crippen LogP contribution in [0.25, 0.3) is 0 Å². The summed E-state index contributed by atoms with van der Waals surface area (Å²) in [5.74, 6) is -2.09. The summed E-state index contributed by atoms with van der Waals surface area (Å²) in [6.07, 6.45) is -0.440. The molecule has 0 aliphatic rings. The second kappa shape index (κ2) is 6.87. The Hall–Kier alpha value is -0.910. The van der Waals surface area contributed by atoms with Crippen molar-refractivity contribution in [3.63, 3.8) is 0 Å². The number of hydrogen-bond donors (Lipinski definition) is 1. The number of carbonyl (C=O) groups excluding carboxylic acids is 1. The molecule has 0 aromatic heterocycles. The highest BCUT2D eigenvalue weighted by Crippen LogP contribution is 2.50. The number of phosphoric acid groups is 1. The maximum atomic E-state index is 11.9. The summed E-state index contributed by atoms with van der Waals surface area (Å²) in [5, 5.41) is 8.66. The molecular weight excluding hydrogens is 263 g/mol. The smallest absolute Gasteiger partial charge is 0.481 e. The molecule has 0 rings (SSSR count). The highest BCUT2D eigenvalue weighted by molar-refractivity contribution is 7.49. The molecule has 7 nitrogen and oxygen atoms in total. The quantitative estimate of drug-likeness (QED) is 0.681. The second-order valence-electron chi connectivity index (χ2n) is 4.12. The van der Waals surface area contributed by atoms with Crippen molar-refractivity contribution in [3.05, 3.63) is 0 Å². The van der Waals surface area contributed by atoms with Crippen molar-refractivity contribution >= 4 is 19.8 Å². The van der Waals surface area contributed by atoms with Crippen LogP contribution in [-0.4, -0.2) is 30.3 Å². The Morgan fingerprint density at radius 2 is 1.61 bits per heavy atom. The van der Waals surface area contributed by atoms with Gasteiger partial charge >= 0.3 is 19.8 Å². The zero-order valence-electron chi connectivity index (χ0n) is 11.0. The van der Waals surface area contributed by atoms with Gasteiger partial charge in [0.1, 0.15) is 0 Å². The molecule has 1 N–H and O–H groups in total. The molecule has 0 radical (unpaired) electrons. The Morgan fingerprint density at radius 3 is 1.94 bits per heavy atom. The van der Waals surface area contributed by atoms with Gasteiger partial charge in [0.15, 0.2) is 0 Å². The molecule has 0 heterocycles. The van der Waals surface area contributed by atoms with E-state index in [2.05, 4.69) is 0 Å². The molecule has 0 bridgehead atoms. The maximum Gasteiger partial charge on any atom is 0.532 e. The molecule has 8 heteroatoms. The fourth-order valence-electron chi connectivity index (χ4n) is 1.08. The lowest BCUT2D eigenvalue weighted by Crippen LogP contribution is -2.29. The Labute approximate surface area is 106 Å². The maximum absolute atomic E-state index is 11.9. The van der Waals surface area contributed by atoms with Gasteiger partial charge < -0.3 is 9.63 Å². The highest BCUT2D eigenvalue weighted by Gasteiger charge is 2.39. The van der Waals surface area contributed by atoms with E-state index >= 15 is 0 Å². The Morgan fingerprint density at radius 1 is 1.17 bits per heavy atom. The van der Waals surface area contributed by atoms with Gasteiger partial charge in [-0.15, -0.1) is 0 Å². The van der Waals surface area contributed by atoms with Gasteiger partial charge in [-0.1, -0.05) is 0 Å².